The van der Waals surface area contributed by atoms with E-state index in [4.69, 9.17) is 9.47 Å². The monoisotopic (exact) mass is 279 g/mol. The molecule has 0 unspecified atom stereocenters. The number of aromatic nitrogens is 2. The first-order chi connectivity index (χ1) is 9.61. The second-order valence-electron chi connectivity index (χ2n) is 5.65. The zero-order chi connectivity index (χ0) is 14.2. The molecule has 1 aromatic heterocycles. The number of hydrogen-bond acceptors (Lipinski definition) is 5. The predicted molar refractivity (Wildman–Crippen MR) is 75.0 cm³/mol. The lowest BCUT2D eigenvalue weighted by atomic mass is 10.0. The van der Waals surface area contributed by atoms with E-state index in [9.17, 15) is 4.79 Å². The van der Waals surface area contributed by atoms with E-state index in [1.54, 1.807) is 17.0 Å². The van der Waals surface area contributed by atoms with Gasteiger partial charge >= 0.3 is 0 Å². The Labute approximate surface area is 118 Å². The van der Waals surface area contributed by atoms with Gasteiger partial charge < -0.3 is 18.9 Å². The molecule has 2 fully saturated rings. The number of hydrogen-bond donors (Lipinski definition) is 0. The minimum atomic E-state index is -0.414. The van der Waals surface area contributed by atoms with E-state index in [0.29, 0.717) is 19.0 Å². The number of ether oxygens (including phenoxy) is 2. The molecule has 20 heavy (non-hydrogen) atoms. The average Bonchev–Trinajstić information content (AvgIpc) is 2.88. The molecule has 1 spiro atoms. The summed E-state index contributed by atoms with van der Waals surface area (Å²) in [7, 11) is 0. The average molecular weight is 279 g/mol. The topological polar surface area (TPSA) is 56.6 Å². The van der Waals surface area contributed by atoms with Crippen LogP contribution < -0.4 is 10.5 Å². The molecule has 110 valence electrons. The molecule has 0 aromatic carbocycles. The Morgan fingerprint density at radius 1 is 1.25 bits per heavy atom. The van der Waals surface area contributed by atoms with Crippen molar-refractivity contribution in [2.45, 2.75) is 38.5 Å². The fraction of sp³-hybridized carbons (Fsp3) is 0.714. The molecule has 6 heteroatoms. The molecular formula is C14H21N3O3. The molecule has 0 N–H and O–H groups in total. The van der Waals surface area contributed by atoms with Crippen LogP contribution in [0.1, 0.15) is 32.7 Å². The molecule has 0 aliphatic carbocycles. The minimum Gasteiger partial charge on any atom is -0.352 e. The second kappa shape index (κ2) is 5.18. The van der Waals surface area contributed by atoms with Gasteiger partial charge in [0.15, 0.2) is 11.6 Å². The maximum absolute atomic E-state index is 12.4. The Morgan fingerprint density at radius 2 is 1.90 bits per heavy atom. The molecule has 0 atom stereocenters. The summed E-state index contributed by atoms with van der Waals surface area (Å²) >= 11 is 0. The third-order valence-corrected chi connectivity index (χ3v) is 4.04. The summed E-state index contributed by atoms with van der Waals surface area (Å²) in [6.45, 7) is 6.81. The molecule has 3 heterocycles. The number of nitrogens with zero attached hydrogens (tertiary/aromatic N) is 3. The van der Waals surface area contributed by atoms with Crippen molar-refractivity contribution in [3.8, 4) is 0 Å². The Balaban J connectivity index is 1.78. The second-order valence-corrected chi connectivity index (χ2v) is 5.65. The van der Waals surface area contributed by atoms with Crippen molar-refractivity contribution < 1.29 is 9.47 Å². The van der Waals surface area contributed by atoms with Crippen molar-refractivity contribution in [2.24, 2.45) is 0 Å². The first-order valence-corrected chi connectivity index (χ1v) is 7.21. The van der Waals surface area contributed by atoms with Crippen LogP contribution in [-0.4, -0.2) is 41.6 Å². The van der Waals surface area contributed by atoms with Gasteiger partial charge in [0.1, 0.15) is 0 Å². The first-order valence-electron chi connectivity index (χ1n) is 7.21. The number of anilines is 1. The molecule has 0 radical (unpaired) electrons. The summed E-state index contributed by atoms with van der Waals surface area (Å²) in [6, 6.07) is 0.141. The van der Waals surface area contributed by atoms with Crippen LogP contribution in [0.25, 0.3) is 0 Å². The van der Waals surface area contributed by atoms with Crippen LogP contribution in [-0.2, 0) is 9.47 Å². The lowest BCUT2D eigenvalue weighted by Gasteiger charge is -2.37. The highest BCUT2D eigenvalue weighted by Gasteiger charge is 2.40. The highest BCUT2D eigenvalue weighted by Crippen LogP contribution is 2.31. The van der Waals surface area contributed by atoms with Crippen molar-refractivity contribution >= 4 is 5.82 Å². The SMILES string of the molecule is CC(C)n1ccnc(N2CCC3(CC2)OCCO3)c1=O. The van der Waals surface area contributed by atoms with Gasteiger partial charge in [0, 0.05) is 44.4 Å². The highest BCUT2D eigenvalue weighted by atomic mass is 16.7. The molecule has 0 bridgehead atoms. The normalized spacial score (nSPS) is 21.9. The van der Waals surface area contributed by atoms with Gasteiger partial charge in [-0.05, 0) is 13.8 Å². The molecule has 1 aromatic rings. The van der Waals surface area contributed by atoms with Crippen LogP contribution in [0.4, 0.5) is 5.82 Å². The number of piperidine rings is 1. The van der Waals surface area contributed by atoms with Crippen molar-refractivity contribution in [1.82, 2.24) is 9.55 Å². The van der Waals surface area contributed by atoms with E-state index in [-0.39, 0.29) is 11.6 Å². The van der Waals surface area contributed by atoms with Crippen molar-refractivity contribution in [3.63, 3.8) is 0 Å². The van der Waals surface area contributed by atoms with Gasteiger partial charge in [0.2, 0.25) is 0 Å². The Hall–Kier alpha value is -1.40. The van der Waals surface area contributed by atoms with E-state index >= 15 is 0 Å². The van der Waals surface area contributed by atoms with E-state index in [1.807, 2.05) is 18.7 Å². The molecular weight excluding hydrogens is 258 g/mol. The van der Waals surface area contributed by atoms with Crippen molar-refractivity contribution in [3.05, 3.63) is 22.7 Å². The standard InChI is InChI=1S/C14H21N3O3/c1-11(2)17-8-5-15-12(13(17)18)16-6-3-14(4-7-16)19-9-10-20-14/h5,8,11H,3-4,6-7,9-10H2,1-2H3. The number of rotatable bonds is 2. The molecule has 2 aliphatic rings. The van der Waals surface area contributed by atoms with Gasteiger partial charge in [-0.15, -0.1) is 0 Å². The maximum atomic E-state index is 12.4. The summed E-state index contributed by atoms with van der Waals surface area (Å²) in [4.78, 5) is 18.7. The van der Waals surface area contributed by atoms with Crippen LogP contribution in [0.5, 0.6) is 0 Å². The van der Waals surface area contributed by atoms with Crippen LogP contribution in [0, 0.1) is 0 Å². The van der Waals surface area contributed by atoms with Crippen molar-refractivity contribution in [1.29, 1.82) is 0 Å². The molecule has 2 saturated heterocycles. The van der Waals surface area contributed by atoms with Gasteiger partial charge in [-0.3, -0.25) is 4.79 Å². The zero-order valence-corrected chi connectivity index (χ0v) is 12.0. The first kappa shape index (κ1) is 13.6. The van der Waals surface area contributed by atoms with E-state index in [1.165, 1.54) is 0 Å². The van der Waals surface area contributed by atoms with Crippen LogP contribution in [0.3, 0.4) is 0 Å². The predicted octanol–water partition coefficient (Wildman–Crippen LogP) is 1.17. The summed E-state index contributed by atoms with van der Waals surface area (Å²) in [5.41, 5.74) is -0.0216. The van der Waals surface area contributed by atoms with E-state index in [0.717, 1.165) is 25.9 Å². The summed E-state index contributed by atoms with van der Waals surface area (Å²) in [5, 5.41) is 0. The van der Waals surface area contributed by atoms with Gasteiger partial charge in [-0.2, -0.15) is 0 Å². The lowest BCUT2D eigenvalue weighted by molar-refractivity contribution is -0.169. The fourth-order valence-electron chi connectivity index (χ4n) is 2.88. The minimum absolute atomic E-state index is 0.0216. The van der Waals surface area contributed by atoms with Crippen LogP contribution in [0.2, 0.25) is 0 Å². The summed E-state index contributed by atoms with van der Waals surface area (Å²) in [6.07, 6.45) is 5.00. The molecule has 2 aliphatic heterocycles. The van der Waals surface area contributed by atoms with Gasteiger partial charge in [-0.1, -0.05) is 0 Å². The molecule has 0 saturated carbocycles. The smallest absolute Gasteiger partial charge is 0.293 e. The largest absolute Gasteiger partial charge is 0.352 e. The van der Waals surface area contributed by atoms with E-state index < -0.39 is 5.79 Å². The Morgan fingerprint density at radius 3 is 2.50 bits per heavy atom. The fourth-order valence-corrected chi connectivity index (χ4v) is 2.88. The Kier molecular flexibility index (Phi) is 3.52. The lowest BCUT2D eigenvalue weighted by Crippen LogP contribution is -2.47. The van der Waals surface area contributed by atoms with Gasteiger partial charge in [0.25, 0.3) is 5.56 Å². The highest BCUT2D eigenvalue weighted by molar-refractivity contribution is 5.36. The van der Waals surface area contributed by atoms with Gasteiger partial charge in [0.05, 0.1) is 13.2 Å². The molecule has 0 amide bonds. The van der Waals surface area contributed by atoms with E-state index in [2.05, 4.69) is 4.98 Å². The maximum Gasteiger partial charge on any atom is 0.293 e. The third kappa shape index (κ3) is 2.33. The molecule has 6 nitrogen and oxygen atoms in total. The third-order valence-electron chi connectivity index (χ3n) is 4.04. The molecule has 3 rings (SSSR count). The van der Waals surface area contributed by atoms with Crippen LogP contribution >= 0.6 is 0 Å². The summed E-state index contributed by atoms with van der Waals surface area (Å²) < 4.78 is 13.1. The van der Waals surface area contributed by atoms with Gasteiger partial charge in [-0.25, -0.2) is 4.98 Å². The Bertz CT molecular complexity index is 525. The quantitative estimate of drug-likeness (QED) is 0.813. The van der Waals surface area contributed by atoms with Crippen molar-refractivity contribution in [2.75, 3.05) is 31.2 Å². The summed E-state index contributed by atoms with van der Waals surface area (Å²) in [5.74, 6) is 0.122. The van der Waals surface area contributed by atoms with Crippen LogP contribution in [0.15, 0.2) is 17.2 Å². The zero-order valence-electron chi connectivity index (χ0n) is 12.0.